The number of hydrogen-bond donors (Lipinski definition) is 1. The zero-order chi connectivity index (χ0) is 26.5. The Labute approximate surface area is 218 Å². The lowest BCUT2D eigenvalue weighted by atomic mass is 9.86. The van der Waals surface area contributed by atoms with E-state index in [1.54, 1.807) is 30.5 Å². The van der Waals surface area contributed by atoms with E-state index in [4.69, 9.17) is 11.6 Å². The van der Waals surface area contributed by atoms with Gasteiger partial charge < -0.3 is 4.90 Å². The lowest BCUT2D eigenvalue weighted by molar-refractivity contribution is -0.160. The number of alkyl halides is 4. The van der Waals surface area contributed by atoms with Crippen molar-refractivity contribution < 1.29 is 17.4 Å². The second-order valence-electron chi connectivity index (χ2n) is 9.11. The molecule has 1 aliphatic heterocycles. The standard InChI is InChI=1S/C24H26ClF3N4OS.C2H6/c1-16(13-29)21-11-18(12-25)14-30-22(21)32(19-3-2-4-19)15-17-5-7-20(8-6-17)34(33)31-23(9-10-23)24(26,27)28;1-2/h5-8,14,19,21,31H,1-4,9-12,15H2;1-2H3. The normalized spacial score (nSPS) is 21.5. The molecule has 36 heavy (non-hydrogen) atoms. The van der Waals surface area contributed by atoms with Crippen LogP contribution in [0.2, 0.25) is 0 Å². The molecule has 10 heteroatoms. The third-order valence-corrected chi connectivity index (χ3v) is 8.39. The Hall–Kier alpha value is -2.15. The average molecular weight is 541 g/mol. The third kappa shape index (κ3) is 6.21. The topological polar surface area (TPSA) is 68.5 Å². The molecule has 0 aromatic heterocycles. The molecule has 2 fully saturated rings. The first-order chi connectivity index (χ1) is 17.2. The summed E-state index contributed by atoms with van der Waals surface area (Å²) in [6.07, 6.45) is 0.969. The van der Waals surface area contributed by atoms with Crippen LogP contribution in [0.15, 0.2) is 58.1 Å². The highest BCUT2D eigenvalue weighted by atomic mass is 35.5. The molecule has 5 nitrogen and oxygen atoms in total. The van der Waals surface area contributed by atoms with Crippen molar-refractivity contribution in [1.29, 1.82) is 5.26 Å². The first-order valence-corrected chi connectivity index (χ1v) is 13.9. The SMILES string of the molecule is C=C(C#N)C1CC(CCl)=CN=C1N(Cc1ccc(S(=O)NC2(C(F)(F)F)CC2)cc1)C1CCC1.CC. The van der Waals surface area contributed by atoms with Gasteiger partial charge in [0.25, 0.3) is 0 Å². The van der Waals surface area contributed by atoms with E-state index in [0.29, 0.717) is 29.3 Å². The Morgan fingerprint density at radius 3 is 2.42 bits per heavy atom. The zero-order valence-corrected chi connectivity index (χ0v) is 22.1. The summed E-state index contributed by atoms with van der Waals surface area (Å²) in [7, 11) is -1.95. The van der Waals surface area contributed by atoms with Crippen molar-refractivity contribution in [3.63, 3.8) is 0 Å². The van der Waals surface area contributed by atoms with Crippen LogP contribution >= 0.6 is 11.6 Å². The van der Waals surface area contributed by atoms with Gasteiger partial charge in [-0.25, -0.2) is 13.9 Å². The Morgan fingerprint density at radius 2 is 1.94 bits per heavy atom. The first-order valence-electron chi connectivity index (χ1n) is 12.2. The van der Waals surface area contributed by atoms with Crippen LogP contribution in [0.4, 0.5) is 13.2 Å². The maximum Gasteiger partial charge on any atom is 0.407 e. The van der Waals surface area contributed by atoms with E-state index < -0.39 is 22.7 Å². The van der Waals surface area contributed by atoms with Crippen LogP contribution in [0.5, 0.6) is 0 Å². The van der Waals surface area contributed by atoms with Gasteiger partial charge in [-0.2, -0.15) is 18.4 Å². The fourth-order valence-corrected chi connectivity index (χ4v) is 5.54. The van der Waals surface area contributed by atoms with Crippen LogP contribution < -0.4 is 4.72 Å². The molecule has 2 atom stereocenters. The van der Waals surface area contributed by atoms with Gasteiger partial charge in [0.05, 0.1) is 16.9 Å². The fourth-order valence-electron chi connectivity index (χ4n) is 4.19. The molecular formula is C26H32ClF3N4OS. The van der Waals surface area contributed by atoms with Crippen molar-refractivity contribution in [2.45, 2.75) is 81.6 Å². The number of nitrogens with one attached hydrogen (secondary N) is 1. The molecule has 4 rings (SSSR count). The van der Waals surface area contributed by atoms with Crippen molar-refractivity contribution in [1.82, 2.24) is 9.62 Å². The van der Waals surface area contributed by atoms with Gasteiger partial charge >= 0.3 is 6.18 Å². The van der Waals surface area contributed by atoms with E-state index >= 15 is 0 Å². The lowest BCUT2D eigenvalue weighted by Crippen LogP contribution is -2.47. The molecule has 0 radical (unpaired) electrons. The van der Waals surface area contributed by atoms with Crippen LogP contribution in [0.25, 0.3) is 0 Å². The molecule has 2 saturated carbocycles. The number of aliphatic imine (C=N–C) groups is 1. The Bertz CT molecular complexity index is 1070. The van der Waals surface area contributed by atoms with Crippen LogP contribution in [-0.4, -0.2) is 38.6 Å². The molecule has 196 valence electrons. The summed E-state index contributed by atoms with van der Waals surface area (Å²) in [6, 6.07) is 9.22. The van der Waals surface area contributed by atoms with Gasteiger partial charge in [0.15, 0.2) is 0 Å². The fraction of sp³-hybridized carbons (Fsp3) is 0.538. The van der Waals surface area contributed by atoms with Crippen LogP contribution in [-0.2, 0) is 17.5 Å². The van der Waals surface area contributed by atoms with E-state index in [9.17, 15) is 22.6 Å². The molecule has 1 aromatic carbocycles. The molecule has 1 aromatic rings. The van der Waals surface area contributed by atoms with Crippen LogP contribution in [0, 0.1) is 17.2 Å². The average Bonchev–Trinajstić information content (AvgIpc) is 3.64. The van der Waals surface area contributed by atoms with Gasteiger partial charge in [-0.1, -0.05) is 32.6 Å². The van der Waals surface area contributed by atoms with Gasteiger partial charge in [0, 0.05) is 30.2 Å². The lowest BCUT2D eigenvalue weighted by Gasteiger charge is -2.42. The van der Waals surface area contributed by atoms with E-state index in [2.05, 4.69) is 27.3 Å². The van der Waals surface area contributed by atoms with Crippen molar-refractivity contribution in [3.05, 3.63) is 53.8 Å². The minimum Gasteiger partial charge on any atom is -0.352 e. The van der Waals surface area contributed by atoms with Gasteiger partial charge in [0.1, 0.15) is 22.4 Å². The summed E-state index contributed by atoms with van der Waals surface area (Å²) in [4.78, 5) is 7.17. The number of nitriles is 1. The van der Waals surface area contributed by atoms with Crippen molar-refractivity contribution >= 4 is 28.4 Å². The summed E-state index contributed by atoms with van der Waals surface area (Å²) in [5.74, 6) is 0.898. The summed E-state index contributed by atoms with van der Waals surface area (Å²) in [6.45, 7) is 8.45. The summed E-state index contributed by atoms with van der Waals surface area (Å²) >= 11 is 6.00. The Morgan fingerprint density at radius 1 is 1.31 bits per heavy atom. The molecule has 2 aliphatic carbocycles. The number of allylic oxidation sites excluding steroid dienone is 1. The number of nitrogens with zero attached hydrogens (tertiary/aromatic N) is 3. The van der Waals surface area contributed by atoms with Gasteiger partial charge in [-0.05, 0) is 61.8 Å². The van der Waals surface area contributed by atoms with Gasteiger partial charge in [-0.3, -0.25) is 0 Å². The highest BCUT2D eigenvalue weighted by Gasteiger charge is 2.64. The minimum absolute atomic E-state index is 0.0617. The number of rotatable bonds is 8. The summed E-state index contributed by atoms with van der Waals surface area (Å²) in [5, 5.41) is 9.48. The minimum atomic E-state index is -4.42. The Kier molecular flexibility index (Phi) is 9.42. The van der Waals surface area contributed by atoms with E-state index in [0.717, 1.165) is 36.2 Å². The van der Waals surface area contributed by atoms with Gasteiger partial charge in [0.2, 0.25) is 0 Å². The molecule has 1 N–H and O–H groups in total. The highest BCUT2D eigenvalue weighted by Crippen LogP contribution is 2.49. The Balaban J connectivity index is 0.00000176. The quantitative estimate of drug-likeness (QED) is 0.306. The van der Waals surface area contributed by atoms with Crippen LogP contribution in [0.3, 0.4) is 0 Å². The maximum absolute atomic E-state index is 13.2. The largest absolute Gasteiger partial charge is 0.407 e. The van der Waals surface area contributed by atoms with Crippen molar-refractivity contribution in [2.75, 3.05) is 5.88 Å². The molecule has 0 spiro atoms. The molecule has 0 amide bonds. The maximum atomic E-state index is 13.2. The monoisotopic (exact) mass is 540 g/mol. The second-order valence-corrected chi connectivity index (χ2v) is 10.6. The van der Waals surface area contributed by atoms with Crippen molar-refractivity contribution in [3.8, 4) is 6.07 Å². The van der Waals surface area contributed by atoms with E-state index in [1.807, 2.05) is 13.8 Å². The number of halogens is 4. The zero-order valence-electron chi connectivity index (χ0n) is 20.6. The molecule has 1 heterocycles. The number of benzene rings is 1. The highest BCUT2D eigenvalue weighted by molar-refractivity contribution is 7.83. The van der Waals surface area contributed by atoms with Crippen LogP contribution in [0.1, 0.15) is 57.9 Å². The van der Waals surface area contributed by atoms with E-state index in [-0.39, 0.29) is 24.8 Å². The van der Waals surface area contributed by atoms with E-state index in [1.165, 1.54) is 0 Å². The molecular weight excluding hydrogens is 509 g/mol. The summed E-state index contributed by atoms with van der Waals surface area (Å²) < 4.78 is 54.3. The molecule has 2 unspecified atom stereocenters. The number of amidine groups is 1. The smallest absolute Gasteiger partial charge is 0.352 e. The third-order valence-electron chi connectivity index (χ3n) is 6.77. The molecule has 0 saturated heterocycles. The predicted molar refractivity (Wildman–Crippen MR) is 138 cm³/mol. The second kappa shape index (κ2) is 11.9. The predicted octanol–water partition coefficient (Wildman–Crippen LogP) is 6.40. The first kappa shape index (κ1) is 28.4. The van der Waals surface area contributed by atoms with Gasteiger partial charge in [-0.15, -0.1) is 11.6 Å². The van der Waals surface area contributed by atoms with Crippen molar-refractivity contribution in [2.24, 2.45) is 10.9 Å². The summed E-state index contributed by atoms with van der Waals surface area (Å²) in [5.41, 5.74) is 0.270. The number of hydrogen-bond acceptors (Lipinski definition) is 4. The molecule has 0 bridgehead atoms. The molecule has 3 aliphatic rings.